The van der Waals surface area contributed by atoms with Crippen molar-refractivity contribution < 1.29 is 9.13 Å². The van der Waals surface area contributed by atoms with Gasteiger partial charge in [-0.2, -0.15) is 0 Å². The van der Waals surface area contributed by atoms with Gasteiger partial charge in [-0.25, -0.2) is 4.39 Å². The van der Waals surface area contributed by atoms with Gasteiger partial charge in [-0.15, -0.1) is 0 Å². The number of hydrogen-bond acceptors (Lipinski definition) is 2. The molecule has 0 heterocycles. The largest absolute Gasteiger partial charge is 0.493 e. The van der Waals surface area contributed by atoms with Crippen LogP contribution in [0.5, 0.6) is 5.75 Å². The van der Waals surface area contributed by atoms with Crippen LogP contribution < -0.4 is 4.74 Å². The zero-order valence-electron chi connectivity index (χ0n) is 12.4. The van der Waals surface area contributed by atoms with E-state index < -0.39 is 0 Å². The zero-order chi connectivity index (χ0) is 15.1. The van der Waals surface area contributed by atoms with Crippen LogP contribution in [0, 0.1) is 11.7 Å². The van der Waals surface area contributed by atoms with Crippen LogP contribution in [-0.4, -0.2) is 12.8 Å². The molecule has 0 aromatic heterocycles. The van der Waals surface area contributed by atoms with E-state index in [0.717, 1.165) is 30.0 Å². The number of benzene rings is 2. The molecular formula is C18H20FNO. The molecule has 0 radical (unpaired) electrons. The van der Waals surface area contributed by atoms with E-state index in [2.05, 4.69) is 18.8 Å². The highest BCUT2D eigenvalue weighted by Crippen LogP contribution is 2.15. The molecule has 0 bridgehead atoms. The third-order valence-electron chi connectivity index (χ3n) is 3.30. The SMILES string of the molecule is CCC(C)COc1ccc(C=Nc2ccc(F)cc2)cc1. The van der Waals surface area contributed by atoms with Crippen LogP contribution in [0.3, 0.4) is 0 Å². The lowest BCUT2D eigenvalue weighted by molar-refractivity contribution is 0.256. The average molecular weight is 285 g/mol. The van der Waals surface area contributed by atoms with Crippen molar-refractivity contribution in [2.45, 2.75) is 20.3 Å². The van der Waals surface area contributed by atoms with Crippen LogP contribution in [0.2, 0.25) is 0 Å². The first-order valence-electron chi connectivity index (χ1n) is 7.20. The van der Waals surface area contributed by atoms with Crippen molar-refractivity contribution in [2.75, 3.05) is 6.61 Å². The van der Waals surface area contributed by atoms with Crippen LogP contribution in [0.25, 0.3) is 0 Å². The Balaban J connectivity index is 1.94. The molecule has 2 nitrogen and oxygen atoms in total. The summed E-state index contributed by atoms with van der Waals surface area (Å²) in [6.45, 7) is 5.06. The minimum Gasteiger partial charge on any atom is -0.493 e. The Morgan fingerprint density at radius 1 is 1.10 bits per heavy atom. The Morgan fingerprint density at radius 3 is 2.38 bits per heavy atom. The van der Waals surface area contributed by atoms with E-state index in [1.165, 1.54) is 12.1 Å². The standard InChI is InChI=1S/C18H20FNO/c1-3-14(2)13-21-18-10-4-15(5-11-18)12-20-17-8-6-16(19)7-9-17/h4-12,14H,3,13H2,1-2H3. The Kier molecular flexibility index (Phi) is 5.50. The van der Waals surface area contributed by atoms with Crippen LogP contribution >= 0.6 is 0 Å². The van der Waals surface area contributed by atoms with Crippen LogP contribution in [0.1, 0.15) is 25.8 Å². The van der Waals surface area contributed by atoms with Gasteiger partial charge in [-0.05, 0) is 60.0 Å². The maximum absolute atomic E-state index is 12.8. The molecule has 0 aliphatic rings. The van der Waals surface area contributed by atoms with E-state index >= 15 is 0 Å². The third-order valence-corrected chi connectivity index (χ3v) is 3.30. The summed E-state index contributed by atoms with van der Waals surface area (Å²) in [5, 5.41) is 0. The fraction of sp³-hybridized carbons (Fsp3) is 0.278. The summed E-state index contributed by atoms with van der Waals surface area (Å²) in [4.78, 5) is 4.30. The molecular weight excluding hydrogens is 265 g/mol. The summed E-state index contributed by atoms with van der Waals surface area (Å²) in [5.41, 5.74) is 1.71. The molecule has 3 heteroatoms. The van der Waals surface area contributed by atoms with Gasteiger partial charge in [0, 0.05) is 6.21 Å². The van der Waals surface area contributed by atoms with E-state index in [9.17, 15) is 4.39 Å². The minimum absolute atomic E-state index is 0.253. The van der Waals surface area contributed by atoms with Gasteiger partial charge >= 0.3 is 0 Å². The first-order chi connectivity index (χ1) is 10.2. The molecule has 0 fully saturated rings. The quantitative estimate of drug-likeness (QED) is 0.684. The zero-order valence-corrected chi connectivity index (χ0v) is 12.4. The van der Waals surface area contributed by atoms with Crippen molar-refractivity contribution in [2.24, 2.45) is 10.9 Å². The van der Waals surface area contributed by atoms with E-state index in [1.54, 1.807) is 18.3 Å². The smallest absolute Gasteiger partial charge is 0.123 e. The number of nitrogens with zero attached hydrogens (tertiary/aromatic N) is 1. The molecule has 0 aliphatic heterocycles. The highest BCUT2D eigenvalue weighted by atomic mass is 19.1. The van der Waals surface area contributed by atoms with Gasteiger partial charge in [-0.3, -0.25) is 4.99 Å². The fourth-order valence-corrected chi connectivity index (χ4v) is 1.68. The molecule has 0 saturated heterocycles. The first-order valence-corrected chi connectivity index (χ1v) is 7.20. The number of halogens is 1. The van der Waals surface area contributed by atoms with Crippen molar-refractivity contribution in [3.8, 4) is 5.75 Å². The van der Waals surface area contributed by atoms with Gasteiger partial charge in [0.25, 0.3) is 0 Å². The lowest BCUT2D eigenvalue weighted by Gasteiger charge is -2.10. The summed E-state index contributed by atoms with van der Waals surface area (Å²) in [5.74, 6) is 1.18. The van der Waals surface area contributed by atoms with Crippen LogP contribution in [0.15, 0.2) is 53.5 Å². The second kappa shape index (κ2) is 7.58. The number of aliphatic imine (C=N–C) groups is 1. The molecule has 0 saturated carbocycles. The van der Waals surface area contributed by atoms with E-state index in [0.29, 0.717) is 5.92 Å². The monoisotopic (exact) mass is 285 g/mol. The summed E-state index contributed by atoms with van der Waals surface area (Å²) < 4.78 is 18.5. The Labute approximate surface area is 125 Å². The van der Waals surface area contributed by atoms with Gasteiger partial charge < -0.3 is 4.74 Å². The van der Waals surface area contributed by atoms with Crippen molar-refractivity contribution in [1.29, 1.82) is 0 Å². The van der Waals surface area contributed by atoms with Gasteiger partial charge in [0.1, 0.15) is 11.6 Å². The molecule has 0 aliphatic carbocycles. The van der Waals surface area contributed by atoms with Crippen molar-refractivity contribution in [3.05, 3.63) is 59.9 Å². The third kappa shape index (κ3) is 5.03. The van der Waals surface area contributed by atoms with Gasteiger partial charge in [0.05, 0.1) is 12.3 Å². The molecule has 2 aromatic rings. The van der Waals surface area contributed by atoms with E-state index in [1.807, 2.05) is 24.3 Å². The van der Waals surface area contributed by atoms with E-state index in [-0.39, 0.29) is 5.82 Å². The molecule has 0 N–H and O–H groups in total. The summed E-state index contributed by atoms with van der Waals surface area (Å²) in [7, 11) is 0. The second-order valence-electron chi connectivity index (χ2n) is 5.13. The highest BCUT2D eigenvalue weighted by molar-refractivity contribution is 5.82. The minimum atomic E-state index is -0.253. The van der Waals surface area contributed by atoms with Gasteiger partial charge in [-0.1, -0.05) is 20.3 Å². The number of hydrogen-bond donors (Lipinski definition) is 0. The molecule has 0 amide bonds. The predicted octanol–water partition coefficient (Wildman–Crippen LogP) is 5.00. The van der Waals surface area contributed by atoms with Crippen molar-refractivity contribution >= 4 is 11.9 Å². The predicted molar refractivity (Wildman–Crippen MR) is 85.0 cm³/mol. The molecule has 2 rings (SSSR count). The summed E-state index contributed by atoms with van der Waals surface area (Å²) >= 11 is 0. The average Bonchev–Trinajstić information content (AvgIpc) is 2.53. The molecule has 21 heavy (non-hydrogen) atoms. The Morgan fingerprint density at radius 2 is 1.76 bits per heavy atom. The first kappa shape index (κ1) is 15.2. The van der Waals surface area contributed by atoms with Crippen LogP contribution in [0.4, 0.5) is 10.1 Å². The lowest BCUT2D eigenvalue weighted by atomic mass is 10.1. The Hall–Kier alpha value is -2.16. The van der Waals surface area contributed by atoms with E-state index in [4.69, 9.17) is 4.74 Å². The Bertz CT molecular complexity index is 575. The van der Waals surface area contributed by atoms with Crippen molar-refractivity contribution in [3.63, 3.8) is 0 Å². The fourth-order valence-electron chi connectivity index (χ4n) is 1.68. The van der Waals surface area contributed by atoms with Crippen LogP contribution in [-0.2, 0) is 0 Å². The molecule has 110 valence electrons. The summed E-state index contributed by atoms with van der Waals surface area (Å²) in [6, 6.07) is 13.9. The second-order valence-corrected chi connectivity index (χ2v) is 5.13. The van der Waals surface area contributed by atoms with Gasteiger partial charge in [0.15, 0.2) is 0 Å². The summed E-state index contributed by atoms with van der Waals surface area (Å²) in [6.07, 6.45) is 2.87. The maximum Gasteiger partial charge on any atom is 0.123 e. The molecule has 1 unspecified atom stereocenters. The number of ether oxygens (including phenoxy) is 1. The normalized spacial score (nSPS) is 12.5. The molecule has 0 spiro atoms. The highest BCUT2D eigenvalue weighted by Gasteiger charge is 2.00. The lowest BCUT2D eigenvalue weighted by Crippen LogP contribution is -2.07. The number of rotatable bonds is 6. The topological polar surface area (TPSA) is 21.6 Å². The van der Waals surface area contributed by atoms with Gasteiger partial charge in [0.2, 0.25) is 0 Å². The molecule has 1 atom stereocenters. The maximum atomic E-state index is 12.8. The molecule has 2 aromatic carbocycles. The van der Waals surface area contributed by atoms with Crippen molar-refractivity contribution in [1.82, 2.24) is 0 Å².